The maximum absolute atomic E-state index is 5.31. The summed E-state index contributed by atoms with van der Waals surface area (Å²) in [6.45, 7) is 6.53. The van der Waals surface area contributed by atoms with Crippen molar-refractivity contribution in [3.63, 3.8) is 0 Å². The monoisotopic (exact) mass is 303 g/mol. The lowest BCUT2D eigenvalue weighted by molar-refractivity contribution is 0.255. The summed E-state index contributed by atoms with van der Waals surface area (Å²) in [6.07, 6.45) is 7.07. The second-order valence-corrected chi connectivity index (χ2v) is 6.16. The van der Waals surface area contributed by atoms with Gasteiger partial charge in [0.15, 0.2) is 5.76 Å². The average molecular weight is 303 g/mol. The van der Waals surface area contributed by atoms with Crippen LogP contribution < -0.4 is 5.32 Å². The van der Waals surface area contributed by atoms with Gasteiger partial charge in [0.25, 0.3) is 0 Å². The zero-order valence-corrected chi connectivity index (χ0v) is 13.3. The average Bonchev–Trinajstić information content (AvgIpc) is 3.14. The summed E-state index contributed by atoms with van der Waals surface area (Å²) < 4.78 is 10.6. The lowest BCUT2D eigenvalue weighted by Gasteiger charge is -2.24. The van der Waals surface area contributed by atoms with Crippen molar-refractivity contribution < 1.29 is 8.94 Å². The molecule has 3 heterocycles. The van der Waals surface area contributed by atoms with Crippen molar-refractivity contribution in [3.05, 3.63) is 30.2 Å². The van der Waals surface area contributed by atoms with Crippen LogP contribution in [0.3, 0.4) is 0 Å². The Labute approximate surface area is 131 Å². The zero-order valence-electron chi connectivity index (χ0n) is 13.3. The van der Waals surface area contributed by atoms with Gasteiger partial charge in [0.05, 0.1) is 12.0 Å². The van der Waals surface area contributed by atoms with E-state index in [-0.39, 0.29) is 0 Å². The smallest absolute Gasteiger partial charge is 0.202 e. The Morgan fingerprint density at radius 1 is 1.23 bits per heavy atom. The Morgan fingerprint density at radius 3 is 2.77 bits per heavy atom. The second-order valence-electron chi connectivity index (χ2n) is 6.16. The third kappa shape index (κ3) is 4.21. The van der Waals surface area contributed by atoms with Crippen molar-refractivity contribution in [2.24, 2.45) is 0 Å². The predicted octanol–water partition coefficient (Wildman–Crippen LogP) is 3.29. The molecule has 0 aromatic carbocycles. The molecule has 0 spiro atoms. The van der Waals surface area contributed by atoms with E-state index in [1.165, 1.54) is 38.8 Å². The van der Waals surface area contributed by atoms with Gasteiger partial charge in [-0.3, -0.25) is 0 Å². The minimum Gasteiger partial charge on any atom is -0.461 e. The molecule has 5 heteroatoms. The van der Waals surface area contributed by atoms with Gasteiger partial charge in [0, 0.05) is 25.2 Å². The SMILES string of the molecule is CC(CN1CCCCCC1)NCc1cc(-c2ccco2)on1. The van der Waals surface area contributed by atoms with Crippen LogP contribution in [0.4, 0.5) is 0 Å². The topological polar surface area (TPSA) is 54.4 Å². The van der Waals surface area contributed by atoms with Crippen molar-refractivity contribution >= 4 is 0 Å². The Morgan fingerprint density at radius 2 is 2.05 bits per heavy atom. The van der Waals surface area contributed by atoms with E-state index >= 15 is 0 Å². The lowest BCUT2D eigenvalue weighted by atomic mass is 10.2. The number of aromatic nitrogens is 1. The van der Waals surface area contributed by atoms with E-state index in [0.717, 1.165) is 24.5 Å². The maximum Gasteiger partial charge on any atom is 0.202 e. The molecule has 1 N–H and O–H groups in total. The van der Waals surface area contributed by atoms with Crippen LogP contribution in [0, 0.1) is 0 Å². The zero-order chi connectivity index (χ0) is 15.2. The molecule has 1 saturated heterocycles. The Bertz CT molecular complexity index is 542. The van der Waals surface area contributed by atoms with Crippen molar-refractivity contribution in [2.45, 2.75) is 45.2 Å². The van der Waals surface area contributed by atoms with Gasteiger partial charge in [-0.2, -0.15) is 0 Å². The maximum atomic E-state index is 5.31. The van der Waals surface area contributed by atoms with Gasteiger partial charge in [-0.1, -0.05) is 18.0 Å². The van der Waals surface area contributed by atoms with Gasteiger partial charge in [0.1, 0.15) is 0 Å². The molecule has 1 fully saturated rings. The molecule has 2 aromatic rings. The van der Waals surface area contributed by atoms with Crippen LogP contribution in [0.25, 0.3) is 11.5 Å². The number of hydrogen-bond acceptors (Lipinski definition) is 5. The van der Waals surface area contributed by atoms with Crippen LogP contribution in [0.15, 0.2) is 33.4 Å². The van der Waals surface area contributed by atoms with Crippen LogP contribution in [0.2, 0.25) is 0 Å². The molecule has 120 valence electrons. The lowest BCUT2D eigenvalue weighted by Crippen LogP contribution is -2.39. The third-order valence-electron chi connectivity index (χ3n) is 4.19. The van der Waals surface area contributed by atoms with E-state index in [1.807, 2.05) is 18.2 Å². The van der Waals surface area contributed by atoms with Gasteiger partial charge < -0.3 is 19.2 Å². The standard InChI is InChI=1S/C17H25N3O2/c1-14(13-20-8-4-2-3-5-9-20)18-12-15-11-17(22-19-15)16-7-6-10-21-16/h6-7,10-11,14,18H,2-5,8-9,12-13H2,1H3. The highest BCUT2D eigenvalue weighted by Gasteiger charge is 2.13. The molecule has 0 radical (unpaired) electrons. The molecule has 0 bridgehead atoms. The first-order valence-electron chi connectivity index (χ1n) is 8.26. The number of nitrogens with zero attached hydrogens (tertiary/aromatic N) is 2. The Hall–Kier alpha value is -1.59. The summed E-state index contributed by atoms with van der Waals surface area (Å²) in [7, 11) is 0. The molecule has 1 atom stereocenters. The first-order valence-corrected chi connectivity index (χ1v) is 8.26. The van der Waals surface area contributed by atoms with E-state index in [4.69, 9.17) is 8.94 Å². The van der Waals surface area contributed by atoms with Gasteiger partial charge >= 0.3 is 0 Å². The van der Waals surface area contributed by atoms with Gasteiger partial charge in [0.2, 0.25) is 5.76 Å². The summed E-state index contributed by atoms with van der Waals surface area (Å²) in [5, 5.41) is 7.63. The normalized spacial score (nSPS) is 18.2. The highest BCUT2D eigenvalue weighted by molar-refractivity contribution is 5.49. The van der Waals surface area contributed by atoms with Crippen LogP contribution in [-0.4, -0.2) is 35.7 Å². The summed E-state index contributed by atoms with van der Waals surface area (Å²) >= 11 is 0. The van der Waals surface area contributed by atoms with Crippen molar-refractivity contribution in [1.29, 1.82) is 0 Å². The fourth-order valence-electron chi connectivity index (χ4n) is 2.98. The number of hydrogen-bond donors (Lipinski definition) is 1. The molecule has 0 saturated carbocycles. The van der Waals surface area contributed by atoms with Crippen LogP contribution in [0.5, 0.6) is 0 Å². The van der Waals surface area contributed by atoms with Crippen LogP contribution in [0.1, 0.15) is 38.3 Å². The number of furan rings is 1. The fraction of sp³-hybridized carbons (Fsp3) is 0.588. The summed E-state index contributed by atoms with van der Waals surface area (Å²) in [5.41, 5.74) is 0.911. The van der Waals surface area contributed by atoms with E-state index in [1.54, 1.807) is 6.26 Å². The number of rotatable bonds is 6. The molecule has 3 rings (SSSR count). The molecular weight excluding hydrogens is 278 g/mol. The molecule has 5 nitrogen and oxygen atoms in total. The number of nitrogens with one attached hydrogen (secondary N) is 1. The molecule has 0 aliphatic carbocycles. The van der Waals surface area contributed by atoms with Gasteiger partial charge in [-0.05, 0) is 45.0 Å². The molecule has 22 heavy (non-hydrogen) atoms. The second kappa shape index (κ2) is 7.61. The largest absolute Gasteiger partial charge is 0.461 e. The first kappa shape index (κ1) is 15.3. The Kier molecular flexibility index (Phi) is 5.29. The summed E-state index contributed by atoms with van der Waals surface area (Å²) in [4.78, 5) is 2.57. The van der Waals surface area contributed by atoms with Gasteiger partial charge in [-0.25, -0.2) is 0 Å². The highest BCUT2D eigenvalue weighted by atomic mass is 16.5. The van der Waals surface area contributed by atoms with E-state index in [9.17, 15) is 0 Å². The summed E-state index contributed by atoms with van der Waals surface area (Å²) in [6, 6.07) is 6.10. The summed E-state index contributed by atoms with van der Waals surface area (Å²) in [5.74, 6) is 1.40. The molecule has 1 aliphatic rings. The van der Waals surface area contributed by atoms with Crippen LogP contribution >= 0.6 is 0 Å². The van der Waals surface area contributed by atoms with Crippen molar-refractivity contribution in [1.82, 2.24) is 15.4 Å². The Balaban J connectivity index is 1.45. The van der Waals surface area contributed by atoms with E-state index in [0.29, 0.717) is 11.8 Å². The third-order valence-corrected chi connectivity index (χ3v) is 4.19. The van der Waals surface area contributed by atoms with E-state index in [2.05, 4.69) is 22.3 Å². The number of likely N-dealkylation sites (tertiary alicyclic amines) is 1. The van der Waals surface area contributed by atoms with Crippen molar-refractivity contribution in [3.8, 4) is 11.5 Å². The fourth-order valence-corrected chi connectivity index (χ4v) is 2.98. The van der Waals surface area contributed by atoms with E-state index < -0.39 is 0 Å². The molecule has 0 amide bonds. The molecule has 2 aromatic heterocycles. The molecule has 1 unspecified atom stereocenters. The predicted molar refractivity (Wildman–Crippen MR) is 85.4 cm³/mol. The van der Waals surface area contributed by atoms with Crippen molar-refractivity contribution in [2.75, 3.05) is 19.6 Å². The molecular formula is C17H25N3O2. The highest BCUT2D eigenvalue weighted by Crippen LogP contribution is 2.20. The minimum absolute atomic E-state index is 0.446. The van der Waals surface area contributed by atoms with Crippen LogP contribution in [-0.2, 0) is 6.54 Å². The quantitative estimate of drug-likeness (QED) is 0.887. The molecule has 1 aliphatic heterocycles. The minimum atomic E-state index is 0.446. The van der Waals surface area contributed by atoms with Gasteiger partial charge in [-0.15, -0.1) is 0 Å². The first-order chi connectivity index (χ1) is 10.8.